The predicted octanol–water partition coefficient (Wildman–Crippen LogP) is 3.09. The summed E-state index contributed by atoms with van der Waals surface area (Å²) >= 11 is 0. The number of hydrogen-bond donors (Lipinski definition) is 1. The standard InChI is InChI=1S/C14H22O2/c1-5-10(2)13(15)9-16-14-11(3)7-6-8-12(14)4/h6-8,10,13,15H,5,9H2,1-4H3. The van der Waals surface area contributed by atoms with E-state index in [0.29, 0.717) is 6.61 Å². The van der Waals surface area contributed by atoms with Gasteiger partial charge in [-0.25, -0.2) is 0 Å². The van der Waals surface area contributed by atoms with E-state index in [1.807, 2.05) is 39.0 Å². The van der Waals surface area contributed by atoms with Gasteiger partial charge in [-0.05, 0) is 30.9 Å². The average molecular weight is 222 g/mol. The summed E-state index contributed by atoms with van der Waals surface area (Å²) in [4.78, 5) is 0. The van der Waals surface area contributed by atoms with Crippen molar-refractivity contribution in [3.05, 3.63) is 29.3 Å². The molecule has 0 saturated heterocycles. The Labute approximate surface area is 98.3 Å². The van der Waals surface area contributed by atoms with Crippen LogP contribution in [0.5, 0.6) is 5.75 Å². The van der Waals surface area contributed by atoms with Gasteiger partial charge in [0.05, 0.1) is 6.10 Å². The second-order valence-corrected chi connectivity index (χ2v) is 4.48. The third-order valence-electron chi connectivity index (χ3n) is 3.11. The lowest BCUT2D eigenvalue weighted by Gasteiger charge is -2.19. The third-order valence-corrected chi connectivity index (χ3v) is 3.11. The van der Waals surface area contributed by atoms with Crippen molar-refractivity contribution in [1.29, 1.82) is 0 Å². The van der Waals surface area contributed by atoms with Gasteiger partial charge in [0, 0.05) is 0 Å². The molecule has 1 rings (SSSR count). The van der Waals surface area contributed by atoms with E-state index in [1.165, 1.54) is 0 Å². The van der Waals surface area contributed by atoms with Gasteiger partial charge in [0.25, 0.3) is 0 Å². The van der Waals surface area contributed by atoms with E-state index in [9.17, 15) is 5.11 Å². The number of hydrogen-bond acceptors (Lipinski definition) is 2. The first kappa shape index (κ1) is 13.0. The summed E-state index contributed by atoms with van der Waals surface area (Å²) in [5.74, 6) is 1.19. The van der Waals surface area contributed by atoms with E-state index in [4.69, 9.17) is 4.74 Å². The number of aliphatic hydroxyl groups excluding tert-OH is 1. The molecular formula is C14H22O2. The van der Waals surface area contributed by atoms with E-state index >= 15 is 0 Å². The zero-order chi connectivity index (χ0) is 12.1. The molecule has 0 saturated carbocycles. The monoisotopic (exact) mass is 222 g/mol. The summed E-state index contributed by atoms with van der Waals surface area (Å²) in [5.41, 5.74) is 2.24. The van der Waals surface area contributed by atoms with Gasteiger partial charge in [0.2, 0.25) is 0 Å². The Kier molecular flexibility index (Phi) is 4.81. The molecule has 0 fully saturated rings. The molecule has 0 bridgehead atoms. The second kappa shape index (κ2) is 5.90. The Balaban J connectivity index is 2.61. The molecule has 1 aromatic rings. The van der Waals surface area contributed by atoms with Gasteiger partial charge >= 0.3 is 0 Å². The van der Waals surface area contributed by atoms with Crippen molar-refractivity contribution in [2.45, 2.75) is 40.2 Å². The van der Waals surface area contributed by atoms with Crippen molar-refractivity contribution in [2.75, 3.05) is 6.61 Å². The number of para-hydroxylation sites is 1. The molecule has 1 aromatic carbocycles. The molecule has 0 aliphatic heterocycles. The molecule has 1 N–H and O–H groups in total. The van der Waals surface area contributed by atoms with Gasteiger partial charge in [-0.1, -0.05) is 38.5 Å². The molecule has 2 heteroatoms. The molecule has 0 amide bonds. The van der Waals surface area contributed by atoms with Crippen LogP contribution < -0.4 is 4.74 Å². The average Bonchev–Trinajstić information content (AvgIpc) is 2.27. The van der Waals surface area contributed by atoms with Gasteiger partial charge in [0.15, 0.2) is 0 Å². The van der Waals surface area contributed by atoms with Crippen LogP contribution >= 0.6 is 0 Å². The predicted molar refractivity (Wildman–Crippen MR) is 66.9 cm³/mol. The van der Waals surface area contributed by atoms with Gasteiger partial charge in [0.1, 0.15) is 12.4 Å². The quantitative estimate of drug-likeness (QED) is 0.829. The molecule has 0 aliphatic carbocycles. The van der Waals surface area contributed by atoms with Crippen LogP contribution in [0.25, 0.3) is 0 Å². The molecule has 0 aromatic heterocycles. The third kappa shape index (κ3) is 3.24. The van der Waals surface area contributed by atoms with E-state index in [0.717, 1.165) is 23.3 Å². The summed E-state index contributed by atoms with van der Waals surface area (Å²) in [6.07, 6.45) is 0.584. The molecule has 2 unspecified atom stereocenters. The fourth-order valence-corrected chi connectivity index (χ4v) is 1.63. The number of benzene rings is 1. The fourth-order valence-electron chi connectivity index (χ4n) is 1.63. The number of ether oxygens (including phenoxy) is 1. The SMILES string of the molecule is CCC(C)C(O)COc1c(C)cccc1C. The van der Waals surface area contributed by atoms with Crippen LogP contribution in [0.15, 0.2) is 18.2 Å². The van der Waals surface area contributed by atoms with Crippen molar-refractivity contribution in [2.24, 2.45) is 5.92 Å². The summed E-state index contributed by atoms with van der Waals surface area (Å²) in [7, 11) is 0. The number of rotatable bonds is 5. The Bertz CT molecular complexity index is 313. The van der Waals surface area contributed by atoms with Gasteiger partial charge in [-0.15, -0.1) is 0 Å². The normalized spacial score (nSPS) is 14.6. The molecule has 16 heavy (non-hydrogen) atoms. The fraction of sp³-hybridized carbons (Fsp3) is 0.571. The Morgan fingerprint density at radius 2 is 1.81 bits per heavy atom. The number of aryl methyl sites for hydroxylation is 2. The summed E-state index contributed by atoms with van der Waals surface area (Å²) in [6, 6.07) is 6.07. The summed E-state index contributed by atoms with van der Waals surface area (Å²) in [5, 5.41) is 9.84. The highest BCUT2D eigenvalue weighted by Gasteiger charge is 2.14. The molecular weight excluding hydrogens is 200 g/mol. The van der Waals surface area contributed by atoms with E-state index in [1.54, 1.807) is 0 Å². The van der Waals surface area contributed by atoms with Gasteiger partial charge < -0.3 is 9.84 Å². The Morgan fingerprint density at radius 3 is 2.31 bits per heavy atom. The van der Waals surface area contributed by atoms with Gasteiger partial charge in [-0.3, -0.25) is 0 Å². The van der Waals surface area contributed by atoms with Crippen molar-refractivity contribution >= 4 is 0 Å². The van der Waals surface area contributed by atoms with Crippen molar-refractivity contribution in [1.82, 2.24) is 0 Å². The Hall–Kier alpha value is -1.02. The molecule has 0 radical (unpaired) electrons. The molecule has 90 valence electrons. The maximum Gasteiger partial charge on any atom is 0.125 e. The van der Waals surface area contributed by atoms with Crippen LogP contribution in [0.1, 0.15) is 31.4 Å². The first-order chi connectivity index (χ1) is 7.56. The van der Waals surface area contributed by atoms with E-state index in [2.05, 4.69) is 6.92 Å². The van der Waals surface area contributed by atoms with Crippen LogP contribution in [-0.4, -0.2) is 17.8 Å². The van der Waals surface area contributed by atoms with Crippen molar-refractivity contribution < 1.29 is 9.84 Å². The molecule has 0 aliphatic rings. The highest BCUT2D eigenvalue weighted by molar-refractivity contribution is 5.39. The lowest BCUT2D eigenvalue weighted by Crippen LogP contribution is -2.25. The van der Waals surface area contributed by atoms with E-state index in [-0.39, 0.29) is 12.0 Å². The first-order valence-corrected chi connectivity index (χ1v) is 5.93. The lowest BCUT2D eigenvalue weighted by atomic mass is 10.0. The van der Waals surface area contributed by atoms with Crippen LogP contribution in [0, 0.1) is 19.8 Å². The molecule has 0 heterocycles. The summed E-state index contributed by atoms with van der Waals surface area (Å²) in [6.45, 7) is 8.54. The smallest absolute Gasteiger partial charge is 0.125 e. The molecule has 2 nitrogen and oxygen atoms in total. The highest BCUT2D eigenvalue weighted by Crippen LogP contribution is 2.23. The Morgan fingerprint density at radius 1 is 1.25 bits per heavy atom. The molecule has 0 spiro atoms. The van der Waals surface area contributed by atoms with Crippen LogP contribution in [-0.2, 0) is 0 Å². The molecule has 2 atom stereocenters. The maximum absolute atomic E-state index is 9.84. The van der Waals surface area contributed by atoms with E-state index < -0.39 is 0 Å². The minimum Gasteiger partial charge on any atom is -0.490 e. The topological polar surface area (TPSA) is 29.5 Å². The van der Waals surface area contributed by atoms with Crippen LogP contribution in [0.2, 0.25) is 0 Å². The van der Waals surface area contributed by atoms with Crippen molar-refractivity contribution in [3.8, 4) is 5.75 Å². The zero-order valence-corrected chi connectivity index (χ0v) is 10.7. The number of aliphatic hydroxyl groups is 1. The summed E-state index contributed by atoms with van der Waals surface area (Å²) < 4.78 is 5.70. The van der Waals surface area contributed by atoms with Crippen LogP contribution in [0.3, 0.4) is 0 Å². The lowest BCUT2D eigenvalue weighted by molar-refractivity contribution is 0.0617. The minimum atomic E-state index is -0.385. The largest absolute Gasteiger partial charge is 0.490 e. The minimum absolute atomic E-state index is 0.282. The van der Waals surface area contributed by atoms with Crippen molar-refractivity contribution in [3.63, 3.8) is 0 Å². The zero-order valence-electron chi connectivity index (χ0n) is 10.7. The van der Waals surface area contributed by atoms with Crippen LogP contribution in [0.4, 0.5) is 0 Å². The second-order valence-electron chi connectivity index (χ2n) is 4.48. The first-order valence-electron chi connectivity index (χ1n) is 5.93. The highest BCUT2D eigenvalue weighted by atomic mass is 16.5. The van der Waals surface area contributed by atoms with Gasteiger partial charge in [-0.2, -0.15) is 0 Å². The maximum atomic E-state index is 9.84.